The fourth-order valence-corrected chi connectivity index (χ4v) is 2.05. The maximum atomic E-state index is 9.83. The summed E-state index contributed by atoms with van der Waals surface area (Å²) in [5.74, 6) is 0. The fourth-order valence-electron chi connectivity index (χ4n) is 2.05. The molecule has 1 N–H and O–H groups in total. The van der Waals surface area contributed by atoms with Gasteiger partial charge in [-0.05, 0) is 20.4 Å². The monoisotopic (exact) mass is 254 g/mol. The molecule has 1 unspecified atom stereocenters. The summed E-state index contributed by atoms with van der Waals surface area (Å²) >= 11 is 0. The minimum atomic E-state index is -0.943. The molecule has 2 rings (SSSR count). The van der Waals surface area contributed by atoms with Crippen molar-refractivity contribution in [2.24, 2.45) is 0 Å². The van der Waals surface area contributed by atoms with Crippen LogP contribution in [0.2, 0.25) is 0 Å². The van der Waals surface area contributed by atoms with Gasteiger partial charge in [0.2, 0.25) is 0 Å². The highest BCUT2D eigenvalue weighted by molar-refractivity contribution is 5.02. The van der Waals surface area contributed by atoms with E-state index in [4.69, 9.17) is 4.74 Å². The lowest BCUT2D eigenvalue weighted by atomic mass is 10.1. The van der Waals surface area contributed by atoms with E-state index in [-0.39, 0.29) is 6.10 Å². The largest absolute Gasteiger partial charge is 0.384 e. The van der Waals surface area contributed by atoms with Gasteiger partial charge in [0.15, 0.2) is 0 Å². The molecule has 102 valence electrons. The number of nitrogens with zero attached hydrogens (tertiary/aromatic N) is 4. The van der Waals surface area contributed by atoms with Crippen molar-refractivity contribution in [2.45, 2.75) is 39.0 Å². The van der Waals surface area contributed by atoms with Gasteiger partial charge in [0, 0.05) is 13.1 Å². The molecule has 0 aromatic carbocycles. The Labute approximate surface area is 108 Å². The summed E-state index contributed by atoms with van der Waals surface area (Å²) in [7, 11) is 0. The molecule has 1 aromatic heterocycles. The number of hydrogen-bond acceptors (Lipinski definition) is 5. The molecule has 18 heavy (non-hydrogen) atoms. The summed E-state index contributed by atoms with van der Waals surface area (Å²) in [6, 6.07) is 0. The Hall–Kier alpha value is -0.980. The smallest absolute Gasteiger partial charge is 0.114 e. The fraction of sp³-hybridized carbons (Fsp3) is 0.833. The highest BCUT2D eigenvalue weighted by Crippen LogP contribution is 2.16. The average Bonchev–Trinajstić information content (AvgIpc) is 2.77. The lowest BCUT2D eigenvalue weighted by molar-refractivity contribution is -0.0360. The summed E-state index contributed by atoms with van der Waals surface area (Å²) in [6.07, 6.45) is 1.93. The van der Waals surface area contributed by atoms with Crippen molar-refractivity contribution in [2.75, 3.05) is 26.2 Å². The Morgan fingerprint density at radius 1 is 1.56 bits per heavy atom. The van der Waals surface area contributed by atoms with Crippen LogP contribution in [0.25, 0.3) is 0 Å². The van der Waals surface area contributed by atoms with E-state index in [1.165, 1.54) is 0 Å². The van der Waals surface area contributed by atoms with Crippen LogP contribution in [0, 0.1) is 0 Å². The van der Waals surface area contributed by atoms with Gasteiger partial charge >= 0.3 is 0 Å². The molecule has 2 heterocycles. The Kier molecular flexibility index (Phi) is 3.99. The molecule has 6 heteroatoms. The van der Waals surface area contributed by atoms with E-state index in [2.05, 4.69) is 22.1 Å². The van der Waals surface area contributed by atoms with Gasteiger partial charge in [-0.25, -0.2) is 4.68 Å². The first-order valence-corrected chi connectivity index (χ1v) is 6.46. The van der Waals surface area contributed by atoms with Crippen molar-refractivity contribution in [1.29, 1.82) is 0 Å². The predicted molar refractivity (Wildman–Crippen MR) is 67.1 cm³/mol. The van der Waals surface area contributed by atoms with E-state index < -0.39 is 5.60 Å². The van der Waals surface area contributed by atoms with Crippen LogP contribution in [0.4, 0.5) is 0 Å². The molecular formula is C12H22N4O2. The number of rotatable bonds is 4. The minimum absolute atomic E-state index is 0.148. The molecule has 0 aliphatic carbocycles. The van der Waals surface area contributed by atoms with Crippen molar-refractivity contribution < 1.29 is 9.84 Å². The lowest BCUT2D eigenvalue weighted by Crippen LogP contribution is -2.44. The summed E-state index contributed by atoms with van der Waals surface area (Å²) in [5, 5.41) is 17.9. The third-order valence-corrected chi connectivity index (χ3v) is 3.23. The second-order valence-electron chi connectivity index (χ2n) is 5.27. The molecule has 1 aliphatic heterocycles. The second-order valence-corrected chi connectivity index (χ2v) is 5.27. The molecule has 0 spiro atoms. The van der Waals surface area contributed by atoms with Gasteiger partial charge < -0.3 is 9.84 Å². The Morgan fingerprint density at radius 3 is 2.94 bits per heavy atom. The van der Waals surface area contributed by atoms with Gasteiger partial charge in [0.25, 0.3) is 0 Å². The third-order valence-electron chi connectivity index (χ3n) is 3.23. The van der Waals surface area contributed by atoms with E-state index in [0.717, 1.165) is 26.2 Å². The van der Waals surface area contributed by atoms with Gasteiger partial charge in [-0.3, -0.25) is 4.90 Å². The maximum Gasteiger partial charge on any atom is 0.114 e. The van der Waals surface area contributed by atoms with Crippen molar-refractivity contribution in [1.82, 2.24) is 19.9 Å². The maximum absolute atomic E-state index is 9.83. The van der Waals surface area contributed by atoms with Crippen LogP contribution in [-0.2, 0) is 16.9 Å². The molecule has 1 aliphatic rings. The van der Waals surface area contributed by atoms with Gasteiger partial charge in [-0.2, -0.15) is 0 Å². The zero-order chi connectivity index (χ0) is 13.2. The van der Waals surface area contributed by atoms with Crippen LogP contribution < -0.4 is 0 Å². The third kappa shape index (κ3) is 3.28. The normalized spacial score (nSPS) is 22.3. The van der Waals surface area contributed by atoms with E-state index in [1.54, 1.807) is 24.7 Å². The SMILES string of the molecule is CCN1CCOC(Cn2cc(C(C)(C)O)nn2)C1. The van der Waals surface area contributed by atoms with Crippen molar-refractivity contribution in [3.8, 4) is 0 Å². The number of likely N-dealkylation sites (N-methyl/N-ethyl adjacent to an activating group) is 1. The topological polar surface area (TPSA) is 63.4 Å². The second kappa shape index (κ2) is 5.34. The van der Waals surface area contributed by atoms with Gasteiger partial charge in [0.05, 0.1) is 25.5 Å². The van der Waals surface area contributed by atoms with Crippen LogP contribution in [-0.4, -0.2) is 57.3 Å². The average molecular weight is 254 g/mol. The summed E-state index contributed by atoms with van der Waals surface area (Å²) in [6.45, 7) is 9.99. The Morgan fingerprint density at radius 2 is 2.33 bits per heavy atom. The Bertz CT molecular complexity index is 386. The first-order valence-electron chi connectivity index (χ1n) is 6.46. The molecular weight excluding hydrogens is 232 g/mol. The standard InChI is InChI=1S/C12H22N4O2/c1-4-15-5-6-18-10(7-15)8-16-9-11(13-14-16)12(2,3)17/h9-10,17H,4-8H2,1-3H3. The summed E-state index contributed by atoms with van der Waals surface area (Å²) < 4.78 is 7.46. The molecule has 0 bridgehead atoms. The molecule has 1 fully saturated rings. The van der Waals surface area contributed by atoms with E-state index >= 15 is 0 Å². The van der Waals surface area contributed by atoms with Crippen molar-refractivity contribution in [3.05, 3.63) is 11.9 Å². The number of hydrogen-bond donors (Lipinski definition) is 1. The summed E-state index contributed by atoms with van der Waals surface area (Å²) in [4.78, 5) is 2.36. The lowest BCUT2D eigenvalue weighted by Gasteiger charge is -2.31. The molecule has 1 saturated heterocycles. The van der Waals surface area contributed by atoms with Crippen molar-refractivity contribution >= 4 is 0 Å². The number of morpholine rings is 1. The van der Waals surface area contributed by atoms with Crippen LogP contribution >= 0.6 is 0 Å². The quantitative estimate of drug-likeness (QED) is 0.833. The highest BCUT2D eigenvalue weighted by Gasteiger charge is 2.23. The van der Waals surface area contributed by atoms with Crippen LogP contribution in [0.5, 0.6) is 0 Å². The minimum Gasteiger partial charge on any atom is -0.384 e. The van der Waals surface area contributed by atoms with E-state index in [1.807, 2.05) is 0 Å². The van der Waals surface area contributed by atoms with Crippen LogP contribution in [0.3, 0.4) is 0 Å². The Balaban J connectivity index is 1.95. The first kappa shape index (κ1) is 13.5. The van der Waals surface area contributed by atoms with Gasteiger partial charge in [0.1, 0.15) is 11.3 Å². The predicted octanol–water partition coefficient (Wildman–Crippen LogP) is 0.226. The van der Waals surface area contributed by atoms with Gasteiger partial charge in [-0.1, -0.05) is 12.1 Å². The zero-order valence-corrected chi connectivity index (χ0v) is 11.3. The molecule has 1 aromatic rings. The van der Waals surface area contributed by atoms with E-state index in [0.29, 0.717) is 12.2 Å². The highest BCUT2D eigenvalue weighted by atomic mass is 16.5. The molecule has 0 radical (unpaired) electrons. The zero-order valence-electron chi connectivity index (χ0n) is 11.3. The van der Waals surface area contributed by atoms with E-state index in [9.17, 15) is 5.11 Å². The molecule has 0 amide bonds. The summed E-state index contributed by atoms with van der Waals surface area (Å²) in [5.41, 5.74) is -0.355. The van der Waals surface area contributed by atoms with Crippen LogP contribution in [0.15, 0.2) is 6.20 Å². The number of ether oxygens (including phenoxy) is 1. The molecule has 0 saturated carbocycles. The van der Waals surface area contributed by atoms with Gasteiger partial charge in [-0.15, -0.1) is 5.10 Å². The number of aliphatic hydroxyl groups is 1. The first-order chi connectivity index (χ1) is 8.49. The molecule has 6 nitrogen and oxygen atoms in total. The molecule has 1 atom stereocenters. The number of aromatic nitrogens is 3. The van der Waals surface area contributed by atoms with Crippen molar-refractivity contribution in [3.63, 3.8) is 0 Å². The van der Waals surface area contributed by atoms with Crippen LogP contribution in [0.1, 0.15) is 26.5 Å².